The maximum atomic E-state index is 16.0. The van der Waals surface area contributed by atoms with Gasteiger partial charge in [0.15, 0.2) is 24.4 Å². The zero-order valence-electron chi connectivity index (χ0n) is 31.7. The van der Waals surface area contributed by atoms with E-state index in [9.17, 15) is 34.8 Å². The number of amides is 2. The number of hydrogen-bond acceptors (Lipinski definition) is 11. The molecule has 3 fully saturated rings. The van der Waals surface area contributed by atoms with Crippen LogP contribution in [-0.2, 0) is 33.3 Å². The molecular weight excluding hydrogens is 728 g/mol. The first-order valence-electron chi connectivity index (χ1n) is 18.3. The highest BCUT2D eigenvalue weighted by molar-refractivity contribution is 5.91. The summed E-state index contributed by atoms with van der Waals surface area (Å²) in [4.78, 5) is 40.4. The molecule has 10 N–H and O–H groups in total. The number of alkyl halides is 2. The van der Waals surface area contributed by atoms with Crippen LogP contribution in [0.1, 0.15) is 72.6 Å². The molecule has 0 unspecified atom stereocenters. The average molecular weight is 786 g/mol. The Morgan fingerprint density at radius 3 is 2.42 bits per heavy atom. The number of carbonyl (C=O) groups excluding carboxylic acids is 2. The number of aliphatic carboxylic acids is 1. The van der Waals surface area contributed by atoms with Gasteiger partial charge >= 0.3 is 5.97 Å². The standard InChI is InChI=1S/C37H57F2N5O11/c1-21-19-36(51,55-23(3)22(21)2)29(47)31(48)44-32-28-30(52-20-53-32)37(38,39)35(4,5)26(54-28)18-24(45)14-11-9-7-6-8-10-12-16-27(46)43-25(33(49)50)15-13-17-42-34(40)41/h6-8,10,12,16,22-26,28-30,32,45,47,51H,1,9,11,13-15,17-20H2,2-5H3,(H,43,46)(H,44,48)(H,49,50)(H4,40,41,42)/b7-6+,10-8+,16-12+/t22-,23-,24-,25+,26-,28+,29-,30+,32+,36-/m1/s1. The van der Waals surface area contributed by atoms with E-state index in [-0.39, 0.29) is 44.1 Å². The predicted octanol–water partition coefficient (Wildman–Crippen LogP) is 1.49. The number of carboxylic acids is 1. The molecule has 55 heavy (non-hydrogen) atoms. The van der Waals surface area contributed by atoms with Gasteiger partial charge < -0.3 is 61.5 Å². The number of fused-ring (bicyclic) bond motifs is 1. The maximum absolute atomic E-state index is 16.0. The molecule has 0 aromatic rings. The molecule has 0 aromatic carbocycles. The number of aliphatic hydroxyl groups is 3. The van der Waals surface area contributed by atoms with Crippen molar-refractivity contribution in [1.82, 2.24) is 10.6 Å². The molecule has 0 aromatic heterocycles. The highest BCUT2D eigenvalue weighted by atomic mass is 19.3. The first-order valence-corrected chi connectivity index (χ1v) is 18.3. The van der Waals surface area contributed by atoms with Crippen molar-refractivity contribution < 1.29 is 62.5 Å². The van der Waals surface area contributed by atoms with Gasteiger partial charge in [-0.15, -0.1) is 0 Å². The van der Waals surface area contributed by atoms with Crippen molar-refractivity contribution in [2.75, 3.05) is 13.3 Å². The Morgan fingerprint density at radius 2 is 1.76 bits per heavy atom. The van der Waals surface area contributed by atoms with Gasteiger partial charge in [-0.3, -0.25) is 14.6 Å². The average Bonchev–Trinajstić information content (AvgIpc) is 3.10. The van der Waals surface area contributed by atoms with Crippen molar-refractivity contribution in [2.45, 2.75) is 133 Å². The van der Waals surface area contributed by atoms with Crippen LogP contribution in [0, 0.1) is 11.3 Å². The number of carboxylic acid groups (broad SMARTS) is 1. The van der Waals surface area contributed by atoms with Crippen molar-refractivity contribution in [3.8, 4) is 0 Å². The van der Waals surface area contributed by atoms with Gasteiger partial charge in [0.2, 0.25) is 11.7 Å². The van der Waals surface area contributed by atoms with Crippen molar-refractivity contribution in [1.29, 1.82) is 0 Å². The fourth-order valence-electron chi connectivity index (χ4n) is 6.54. The van der Waals surface area contributed by atoms with Gasteiger partial charge in [-0.1, -0.05) is 63.3 Å². The molecule has 0 bridgehead atoms. The molecule has 310 valence electrons. The number of guanidine groups is 1. The summed E-state index contributed by atoms with van der Waals surface area (Å²) in [6, 6.07) is -1.10. The van der Waals surface area contributed by atoms with E-state index < -0.39 is 90.6 Å². The Hall–Kier alpha value is -3.78. The van der Waals surface area contributed by atoms with E-state index in [0.717, 1.165) is 0 Å². The Morgan fingerprint density at radius 1 is 1.07 bits per heavy atom. The van der Waals surface area contributed by atoms with E-state index in [1.165, 1.54) is 26.0 Å². The number of hydrogen-bond donors (Lipinski definition) is 8. The summed E-state index contributed by atoms with van der Waals surface area (Å²) in [7, 11) is 0. The number of nitrogens with two attached hydrogens (primary N) is 2. The lowest BCUT2D eigenvalue weighted by Crippen LogP contribution is -2.71. The Balaban J connectivity index is 1.50. The molecule has 2 amide bonds. The van der Waals surface area contributed by atoms with Crippen LogP contribution in [0.3, 0.4) is 0 Å². The zero-order valence-corrected chi connectivity index (χ0v) is 31.7. The van der Waals surface area contributed by atoms with Crippen LogP contribution >= 0.6 is 0 Å². The third-order valence-electron chi connectivity index (χ3n) is 10.3. The topological polar surface area (TPSA) is 258 Å². The highest BCUT2D eigenvalue weighted by Gasteiger charge is 2.67. The van der Waals surface area contributed by atoms with Crippen LogP contribution in [-0.4, -0.2) is 118 Å². The summed E-state index contributed by atoms with van der Waals surface area (Å²) in [5.74, 6) is -8.91. The second-order valence-corrected chi connectivity index (χ2v) is 14.8. The summed E-state index contributed by atoms with van der Waals surface area (Å²) >= 11 is 0. The molecule has 3 heterocycles. The summed E-state index contributed by atoms with van der Waals surface area (Å²) in [5, 5.41) is 46.7. The molecule has 0 radical (unpaired) electrons. The van der Waals surface area contributed by atoms with Gasteiger partial charge in [0.1, 0.15) is 18.9 Å². The zero-order chi connectivity index (χ0) is 41.1. The first kappa shape index (κ1) is 45.6. The molecule has 0 aliphatic carbocycles. The number of ether oxygens (including phenoxy) is 4. The molecule has 0 saturated carbocycles. The van der Waals surface area contributed by atoms with Gasteiger partial charge in [0, 0.05) is 31.4 Å². The minimum atomic E-state index is -3.49. The van der Waals surface area contributed by atoms with Crippen LogP contribution in [0.25, 0.3) is 0 Å². The molecule has 16 nitrogen and oxygen atoms in total. The third-order valence-corrected chi connectivity index (χ3v) is 10.3. The second kappa shape index (κ2) is 19.9. The summed E-state index contributed by atoms with van der Waals surface area (Å²) in [6.07, 6.45) is 1.17. The minimum absolute atomic E-state index is 0.101. The van der Waals surface area contributed by atoms with Gasteiger partial charge in [-0.25, -0.2) is 13.6 Å². The molecule has 3 rings (SSSR count). The second-order valence-electron chi connectivity index (χ2n) is 14.8. The fraction of sp³-hybridized carbons (Fsp3) is 0.676. The number of nitrogens with zero attached hydrogens (tertiary/aromatic N) is 1. The van der Waals surface area contributed by atoms with Crippen LogP contribution in [0.5, 0.6) is 0 Å². The number of nitrogens with one attached hydrogen (secondary N) is 2. The number of aliphatic hydroxyl groups excluding tert-OH is 2. The Kier molecular flexibility index (Phi) is 16.5. The highest BCUT2D eigenvalue weighted by Crippen LogP contribution is 2.52. The fourth-order valence-corrected chi connectivity index (χ4v) is 6.54. The van der Waals surface area contributed by atoms with Crippen molar-refractivity contribution in [3.05, 3.63) is 48.6 Å². The van der Waals surface area contributed by atoms with Gasteiger partial charge in [0.25, 0.3) is 11.8 Å². The molecular formula is C37H57F2N5O11. The molecule has 10 atom stereocenters. The van der Waals surface area contributed by atoms with Crippen LogP contribution in [0.15, 0.2) is 53.6 Å². The predicted molar refractivity (Wildman–Crippen MR) is 196 cm³/mol. The number of halogens is 2. The lowest BCUT2D eigenvalue weighted by molar-refractivity contribution is -0.372. The number of allylic oxidation sites excluding steroid dienone is 5. The minimum Gasteiger partial charge on any atom is -0.480 e. The van der Waals surface area contributed by atoms with E-state index >= 15 is 8.78 Å². The molecule has 3 saturated heterocycles. The maximum Gasteiger partial charge on any atom is 0.326 e. The van der Waals surface area contributed by atoms with Crippen LogP contribution < -0.4 is 22.1 Å². The van der Waals surface area contributed by atoms with Gasteiger partial charge in [0.05, 0.1) is 23.7 Å². The summed E-state index contributed by atoms with van der Waals surface area (Å²) in [5.41, 5.74) is 9.25. The van der Waals surface area contributed by atoms with Crippen LogP contribution in [0.2, 0.25) is 0 Å². The molecule has 0 spiro atoms. The Bertz CT molecular complexity index is 1470. The Labute approximate surface area is 319 Å². The smallest absolute Gasteiger partial charge is 0.326 e. The van der Waals surface area contributed by atoms with E-state index in [1.807, 2.05) is 13.0 Å². The van der Waals surface area contributed by atoms with Crippen LogP contribution in [0.4, 0.5) is 8.78 Å². The van der Waals surface area contributed by atoms with E-state index in [1.54, 1.807) is 25.2 Å². The molecule has 3 aliphatic rings. The number of unbranched alkanes of at least 4 members (excludes halogenated alkanes) is 1. The van der Waals surface area contributed by atoms with E-state index in [2.05, 4.69) is 22.2 Å². The lowest BCUT2D eigenvalue weighted by Gasteiger charge is -2.54. The quantitative estimate of drug-likeness (QED) is 0.0245. The van der Waals surface area contributed by atoms with Crippen molar-refractivity contribution in [2.24, 2.45) is 27.8 Å². The normalized spacial score (nSPS) is 30.7. The monoisotopic (exact) mass is 785 g/mol. The molecule has 3 aliphatic heterocycles. The largest absolute Gasteiger partial charge is 0.480 e. The van der Waals surface area contributed by atoms with E-state index in [0.29, 0.717) is 24.8 Å². The van der Waals surface area contributed by atoms with Gasteiger partial charge in [-0.2, -0.15) is 0 Å². The lowest BCUT2D eigenvalue weighted by atomic mass is 9.71. The van der Waals surface area contributed by atoms with Gasteiger partial charge in [-0.05, 0) is 39.0 Å². The third kappa shape index (κ3) is 12.1. The SMILES string of the molecule is C=C1C[C@](O)([C@H](O)C(=O)N[C@H]2OCO[C@H]3[C@@H]2O[C@H](C[C@H](O)CCC/C=C/C=C/C=C/C(=O)N[C@@H](CCCN=C(N)N)C(=O)O)C(C)(C)C3(F)F)O[C@H](C)[C@@H]1C. The van der Waals surface area contributed by atoms with E-state index in [4.69, 9.17) is 30.4 Å². The number of rotatable bonds is 18. The summed E-state index contributed by atoms with van der Waals surface area (Å²) in [6.45, 7) is 9.67. The molecule has 18 heteroatoms. The number of aliphatic imine (C=N–C) groups is 1. The number of carbonyl (C=O) groups is 3. The van der Waals surface area contributed by atoms with Crippen molar-refractivity contribution >= 4 is 23.7 Å². The van der Waals surface area contributed by atoms with Crippen molar-refractivity contribution in [3.63, 3.8) is 0 Å². The first-order chi connectivity index (χ1) is 25.7. The summed E-state index contributed by atoms with van der Waals surface area (Å²) < 4.78 is 54.4.